The lowest BCUT2D eigenvalue weighted by atomic mass is 9.89. The molecule has 0 bridgehead atoms. The van der Waals surface area contributed by atoms with Crippen molar-refractivity contribution in [2.24, 2.45) is 5.41 Å². The number of aliphatic hydroxyl groups is 1. The van der Waals surface area contributed by atoms with Crippen molar-refractivity contribution in [3.8, 4) is 16.9 Å². The highest BCUT2D eigenvalue weighted by Crippen LogP contribution is 2.37. The molecule has 2 amide bonds. The van der Waals surface area contributed by atoms with Crippen molar-refractivity contribution in [2.75, 3.05) is 39.4 Å². The molecule has 3 aliphatic rings. The first-order valence-electron chi connectivity index (χ1n) is 11.6. The highest BCUT2D eigenvalue weighted by Gasteiger charge is 2.50. The number of piperazine rings is 1. The van der Waals surface area contributed by atoms with Crippen LogP contribution in [0.1, 0.15) is 30.1 Å². The standard InChI is InChI=1S/C26H28N2O6/c1-25(16-33-17-25)24(31)34-21-4-2-3-20(15-21)18-5-7-19(8-6-18)22(29)27-11-13-28(14-12-27)23(30)26(32)9-10-26/h2-8,15,32H,9-14,16-17H2,1H3. The molecule has 2 aliphatic heterocycles. The van der Waals surface area contributed by atoms with Crippen LogP contribution < -0.4 is 4.74 Å². The number of rotatable bonds is 5. The monoisotopic (exact) mass is 464 g/mol. The minimum Gasteiger partial charge on any atom is -0.426 e. The molecule has 8 nitrogen and oxygen atoms in total. The fourth-order valence-corrected chi connectivity index (χ4v) is 4.22. The van der Waals surface area contributed by atoms with Crippen LogP contribution in [0.5, 0.6) is 5.75 Å². The van der Waals surface area contributed by atoms with Crippen molar-refractivity contribution in [1.82, 2.24) is 9.80 Å². The summed E-state index contributed by atoms with van der Waals surface area (Å²) in [5.41, 5.74) is 0.602. The predicted octanol–water partition coefficient (Wildman–Crippen LogP) is 2.10. The molecule has 1 N–H and O–H groups in total. The Labute approximate surface area is 198 Å². The fourth-order valence-electron chi connectivity index (χ4n) is 4.22. The van der Waals surface area contributed by atoms with E-state index in [0.29, 0.717) is 63.5 Å². The van der Waals surface area contributed by atoms with Crippen LogP contribution in [0.15, 0.2) is 48.5 Å². The van der Waals surface area contributed by atoms with Crippen LogP contribution in [-0.2, 0) is 14.3 Å². The minimum atomic E-state index is -1.17. The molecule has 8 heteroatoms. The number of hydrogen-bond donors (Lipinski definition) is 1. The summed E-state index contributed by atoms with van der Waals surface area (Å²) in [6.45, 7) is 4.32. The normalized spacial score (nSPS) is 20.3. The van der Waals surface area contributed by atoms with Gasteiger partial charge in [-0.05, 0) is 55.2 Å². The summed E-state index contributed by atoms with van der Waals surface area (Å²) >= 11 is 0. The van der Waals surface area contributed by atoms with E-state index < -0.39 is 11.0 Å². The highest BCUT2D eigenvalue weighted by atomic mass is 16.6. The number of nitrogens with zero attached hydrogens (tertiary/aromatic N) is 2. The minimum absolute atomic E-state index is 0.0811. The third-order valence-electron chi connectivity index (χ3n) is 6.82. The Kier molecular flexibility index (Phi) is 5.65. The molecule has 1 saturated carbocycles. The van der Waals surface area contributed by atoms with Gasteiger partial charge in [-0.1, -0.05) is 24.3 Å². The van der Waals surface area contributed by atoms with Crippen molar-refractivity contribution in [3.63, 3.8) is 0 Å². The quantitative estimate of drug-likeness (QED) is 0.538. The van der Waals surface area contributed by atoms with Gasteiger partial charge in [0.05, 0.1) is 13.2 Å². The number of carbonyl (C=O) groups is 3. The molecule has 2 heterocycles. The zero-order chi connectivity index (χ0) is 23.9. The summed E-state index contributed by atoms with van der Waals surface area (Å²) in [4.78, 5) is 41.0. The molecule has 2 saturated heterocycles. The van der Waals surface area contributed by atoms with Gasteiger partial charge in [-0.2, -0.15) is 0 Å². The van der Waals surface area contributed by atoms with Crippen LogP contribution in [0.3, 0.4) is 0 Å². The van der Waals surface area contributed by atoms with Crippen molar-refractivity contribution < 1.29 is 29.0 Å². The lowest BCUT2D eigenvalue weighted by Crippen LogP contribution is -2.53. The van der Waals surface area contributed by atoms with Gasteiger partial charge in [-0.15, -0.1) is 0 Å². The number of esters is 1. The molecule has 34 heavy (non-hydrogen) atoms. The second kappa shape index (κ2) is 8.52. The van der Waals surface area contributed by atoms with Crippen LogP contribution in [0.4, 0.5) is 0 Å². The lowest BCUT2D eigenvalue weighted by molar-refractivity contribution is -0.172. The summed E-state index contributed by atoms with van der Waals surface area (Å²) in [6, 6.07) is 14.6. The Balaban J connectivity index is 1.20. The Morgan fingerprint density at radius 2 is 1.56 bits per heavy atom. The zero-order valence-electron chi connectivity index (χ0n) is 19.2. The number of ether oxygens (including phenoxy) is 2. The molecule has 0 unspecified atom stereocenters. The van der Waals surface area contributed by atoms with E-state index in [4.69, 9.17) is 9.47 Å². The third kappa shape index (κ3) is 4.31. The maximum atomic E-state index is 12.9. The smallest absolute Gasteiger partial charge is 0.321 e. The average molecular weight is 465 g/mol. The maximum absolute atomic E-state index is 12.9. The summed E-state index contributed by atoms with van der Waals surface area (Å²) in [7, 11) is 0. The van der Waals surface area contributed by atoms with Crippen molar-refractivity contribution in [1.29, 1.82) is 0 Å². The van der Waals surface area contributed by atoms with Gasteiger partial charge >= 0.3 is 5.97 Å². The molecular formula is C26H28N2O6. The molecule has 0 atom stereocenters. The molecule has 0 radical (unpaired) electrons. The molecule has 0 aromatic heterocycles. The third-order valence-corrected chi connectivity index (χ3v) is 6.82. The summed E-state index contributed by atoms with van der Waals surface area (Å²) < 4.78 is 10.7. The molecule has 1 aliphatic carbocycles. The molecule has 2 aromatic carbocycles. The van der Waals surface area contributed by atoms with Crippen molar-refractivity contribution >= 4 is 17.8 Å². The molecule has 178 valence electrons. The summed E-state index contributed by atoms with van der Waals surface area (Å²) in [6.07, 6.45) is 1.05. The van der Waals surface area contributed by atoms with E-state index in [0.717, 1.165) is 11.1 Å². The molecule has 5 rings (SSSR count). The van der Waals surface area contributed by atoms with Crippen molar-refractivity contribution in [3.05, 3.63) is 54.1 Å². The first kappa shape index (κ1) is 22.6. The van der Waals surface area contributed by atoms with E-state index in [2.05, 4.69) is 0 Å². The van der Waals surface area contributed by atoms with Gasteiger partial charge in [-0.3, -0.25) is 14.4 Å². The van der Waals surface area contributed by atoms with Gasteiger partial charge in [0, 0.05) is 31.7 Å². The second-order valence-corrected chi connectivity index (χ2v) is 9.66. The number of amides is 2. The summed E-state index contributed by atoms with van der Waals surface area (Å²) in [5, 5.41) is 10.0. The van der Waals surface area contributed by atoms with E-state index in [9.17, 15) is 19.5 Å². The number of hydrogen-bond acceptors (Lipinski definition) is 6. The fraction of sp³-hybridized carbons (Fsp3) is 0.423. The van der Waals surface area contributed by atoms with Crippen molar-refractivity contribution in [2.45, 2.75) is 25.4 Å². The summed E-state index contributed by atoms with van der Waals surface area (Å²) in [5.74, 6) is -0.126. The van der Waals surface area contributed by atoms with E-state index in [1.807, 2.05) is 37.3 Å². The predicted molar refractivity (Wildman–Crippen MR) is 123 cm³/mol. The number of carbonyl (C=O) groups excluding carboxylic acids is 3. The van der Waals surface area contributed by atoms with Crippen LogP contribution in [0.2, 0.25) is 0 Å². The van der Waals surface area contributed by atoms with Crippen LogP contribution >= 0.6 is 0 Å². The number of benzene rings is 2. The maximum Gasteiger partial charge on any atom is 0.321 e. The largest absolute Gasteiger partial charge is 0.426 e. The Morgan fingerprint density at radius 3 is 2.15 bits per heavy atom. The van der Waals surface area contributed by atoms with E-state index in [-0.39, 0.29) is 17.8 Å². The topological polar surface area (TPSA) is 96.4 Å². The van der Waals surface area contributed by atoms with E-state index in [1.165, 1.54) is 0 Å². The highest BCUT2D eigenvalue weighted by molar-refractivity contribution is 5.95. The second-order valence-electron chi connectivity index (χ2n) is 9.66. The SMILES string of the molecule is CC1(C(=O)Oc2cccc(-c3ccc(C(=O)N4CCN(C(=O)C5(O)CC5)CC4)cc3)c2)COC1. The molecular weight excluding hydrogens is 436 g/mol. The zero-order valence-corrected chi connectivity index (χ0v) is 19.2. The first-order chi connectivity index (χ1) is 16.3. The molecule has 0 spiro atoms. The Hall–Kier alpha value is -3.23. The lowest BCUT2D eigenvalue weighted by Gasteiger charge is -2.35. The van der Waals surface area contributed by atoms with Gasteiger partial charge in [-0.25, -0.2) is 0 Å². The van der Waals surface area contributed by atoms with E-state index >= 15 is 0 Å². The first-order valence-corrected chi connectivity index (χ1v) is 11.6. The average Bonchev–Trinajstić information content (AvgIpc) is 3.60. The van der Waals surface area contributed by atoms with E-state index in [1.54, 1.807) is 28.0 Å². The van der Waals surface area contributed by atoms with Gasteiger partial charge in [0.25, 0.3) is 11.8 Å². The van der Waals surface area contributed by atoms with Crippen LogP contribution in [0, 0.1) is 5.41 Å². The Bertz CT molecular complexity index is 1110. The van der Waals surface area contributed by atoms with Gasteiger partial charge in [0.15, 0.2) is 0 Å². The van der Waals surface area contributed by atoms with Gasteiger partial charge < -0.3 is 24.4 Å². The molecule has 3 fully saturated rings. The van der Waals surface area contributed by atoms with Gasteiger partial charge in [0.1, 0.15) is 16.8 Å². The molecule has 2 aromatic rings. The Morgan fingerprint density at radius 1 is 0.912 bits per heavy atom. The van der Waals surface area contributed by atoms with Crippen LogP contribution in [0.25, 0.3) is 11.1 Å². The van der Waals surface area contributed by atoms with Crippen LogP contribution in [-0.4, -0.2) is 77.7 Å². The van der Waals surface area contributed by atoms with Gasteiger partial charge in [0.2, 0.25) is 0 Å².